The molecule has 0 atom stereocenters. The van der Waals surface area contributed by atoms with Crippen LogP contribution in [-0.2, 0) is 0 Å². The monoisotopic (exact) mass is 213 g/mol. The van der Waals surface area contributed by atoms with E-state index in [4.69, 9.17) is 22.1 Å². The van der Waals surface area contributed by atoms with E-state index >= 15 is 0 Å². The highest BCUT2D eigenvalue weighted by atomic mass is 35.5. The molecule has 0 saturated heterocycles. The van der Waals surface area contributed by atoms with Crippen molar-refractivity contribution in [2.24, 2.45) is 5.73 Å². The number of phenols is 1. The number of hydrogen-bond donors (Lipinski definition) is 2. The molecule has 0 radical (unpaired) electrons. The van der Waals surface area contributed by atoms with Gasteiger partial charge in [0.2, 0.25) is 0 Å². The van der Waals surface area contributed by atoms with Crippen molar-refractivity contribution in [2.45, 2.75) is 0 Å². The number of benzene rings is 1. The summed E-state index contributed by atoms with van der Waals surface area (Å²) in [6.45, 7) is 0.411. The number of hydrogen-bond acceptors (Lipinski definition) is 3. The Kier molecular flexibility index (Phi) is 3.80. The van der Waals surface area contributed by atoms with Gasteiger partial charge in [-0.25, -0.2) is 0 Å². The van der Waals surface area contributed by atoms with Crippen LogP contribution in [0.1, 0.15) is 5.56 Å². The average molecular weight is 214 g/mol. The number of halogens is 1. The quantitative estimate of drug-likeness (QED) is 0.808. The Balaban J connectivity index is 3.15. The van der Waals surface area contributed by atoms with E-state index < -0.39 is 0 Å². The van der Waals surface area contributed by atoms with Crippen molar-refractivity contribution in [3.05, 3.63) is 28.8 Å². The normalized spacial score (nSPS) is 10.8. The Hall–Kier alpha value is -1.19. The molecule has 1 rings (SSSR count). The predicted molar refractivity (Wildman–Crippen MR) is 57.8 cm³/mol. The molecule has 4 heteroatoms. The highest BCUT2D eigenvalue weighted by Crippen LogP contribution is 2.33. The lowest BCUT2D eigenvalue weighted by Gasteiger charge is -2.06. The number of methoxy groups -OCH3 is 1. The van der Waals surface area contributed by atoms with Gasteiger partial charge in [0.15, 0.2) is 11.5 Å². The Morgan fingerprint density at radius 3 is 2.86 bits per heavy atom. The Bertz CT molecular complexity index is 350. The van der Waals surface area contributed by atoms with Crippen LogP contribution >= 0.6 is 11.6 Å². The van der Waals surface area contributed by atoms with E-state index in [0.717, 1.165) is 0 Å². The Morgan fingerprint density at radius 2 is 2.29 bits per heavy atom. The van der Waals surface area contributed by atoms with Gasteiger partial charge in [-0.1, -0.05) is 23.8 Å². The smallest absolute Gasteiger partial charge is 0.165 e. The molecule has 0 aromatic heterocycles. The van der Waals surface area contributed by atoms with Gasteiger partial charge in [0.1, 0.15) is 0 Å². The van der Waals surface area contributed by atoms with Crippen molar-refractivity contribution in [3.63, 3.8) is 0 Å². The van der Waals surface area contributed by atoms with Gasteiger partial charge < -0.3 is 15.6 Å². The Morgan fingerprint density at radius 1 is 1.57 bits per heavy atom. The van der Waals surface area contributed by atoms with Crippen LogP contribution in [0, 0.1) is 0 Å². The predicted octanol–water partition coefficient (Wildman–Crippen LogP) is 2.03. The van der Waals surface area contributed by atoms with Gasteiger partial charge in [-0.3, -0.25) is 0 Å². The zero-order chi connectivity index (χ0) is 10.6. The topological polar surface area (TPSA) is 55.5 Å². The first-order valence-electron chi connectivity index (χ1n) is 4.12. The van der Waals surface area contributed by atoms with Crippen molar-refractivity contribution in [3.8, 4) is 11.5 Å². The summed E-state index contributed by atoms with van der Waals surface area (Å²) in [6.07, 6.45) is 3.43. The zero-order valence-corrected chi connectivity index (χ0v) is 8.58. The van der Waals surface area contributed by atoms with Gasteiger partial charge in [0.25, 0.3) is 0 Å². The number of phenolic OH excluding ortho intramolecular Hbond substituents is 1. The fourth-order valence-corrected chi connectivity index (χ4v) is 1.29. The lowest BCUT2D eigenvalue weighted by Crippen LogP contribution is -1.92. The Labute approximate surface area is 87.8 Å². The van der Waals surface area contributed by atoms with Gasteiger partial charge >= 0.3 is 0 Å². The molecule has 0 spiro atoms. The molecule has 0 aliphatic carbocycles. The standard InChI is InChI=1S/C10H12ClNO2/c1-14-9-6-8(11)5-7(10(9)13)3-2-4-12/h2-3,5-6,13H,4,12H2,1H3/b3-2+. The minimum atomic E-state index is 0.0709. The minimum Gasteiger partial charge on any atom is -0.504 e. The van der Waals surface area contributed by atoms with Gasteiger partial charge in [-0.05, 0) is 6.07 Å². The molecule has 3 nitrogen and oxygen atoms in total. The summed E-state index contributed by atoms with van der Waals surface area (Å²) in [7, 11) is 1.47. The van der Waals surface area contributed by atoms with E-state index in [9.17, 15) is 5.11 Å². The second kappa shape index (κ2) is 4.88. The van der Waals surface area contributed by atoms with Crippen LogP contribution in [0.15, 0.2) is 18.2 Å². The van der Waals surface area contributed by atoms with Crippen molar-refractivity contribution < 1.29 is 9.84 Å². The average Bonchev–Trinajstić information content (AvgIpc) is 2.18. The van der Waals surface area contributed by atoms with E-state index in [1.165, 1.54) is 7.11 Å². The summed E-state index contributed by atoms with van der Waals surface area (Å²) in [4.78, 5) is 0. The van der Waals surface area contributed by atoms with Crippen molar-refractivity contribution in [1.29, 1.82) is 0 Å². The highest BCUT2D eigenvalue weighted by molar-refractivity contribution is 6.31. The molecule has 14 heavy (non-hydrogen) atoms. The summed E-state index contributed by atoms with van der Waals surface area (Å²) in [6, 6.07) is 3.20. The maximum absolute atomic E-state index is 9.66. The molecule has 1 aromatic carbocycles. The first-order valence-corrected chi connectivity index (χ1v) is 4.50. The molecule has 76 valence electrons. The number of aromatic hydroxyl groups is 1. The van der Waals surface area contributed by atoms with Crippen molar-refractivity contribution in [2.75, 3.05) is 13.7 Å². The summed E-state index contributed by atoms with van der Waals surface area (Å²) in [5, 5.41) is 10.2. The van der Waals surface area contributed by atoms with E-state index in [1.54, 1.807) is 24.3 Å². The zero-order valence-electron chi connectivity index (χ0n) is 7.83. The summed E-state index contributed by atoms with van der Waals surface area (Å²) in [5.41, 5.74) is 5.90. The van der Waals surface area contributed by atoms with Gasteiger partial charge in [0.05, 0.1) is 7.11 Å². The molecule has 0 aliphatic heterocycles. The second-order valence-electron chi connectivity index (χ2n) is 2.68. The SMILES string of the molecule is COc1cc(Cl)cc(/C=C/CN)c1O. The molecule has 3 N–H and O–H groups in total. The molecule has 0 saturated carbocycles. The van der Waals surface area contributed by atoms with Crippen molar-refractivity contribution >= 4 is 17.7 Å². The number of rotatable bonds is 3. The summed E-state index contributed by atoms with van der Waals surface area (Å²) >= 11 is 5.82. The first kappa shape index (κ1) is 10.9. The molecular formula is C10H12ClNO2. The first-order chi connectivity index (χ1) is 6.69. The fraction of sp³-hybridized carbons (Fsp3) is 0.200. The number of ether oxygens (including phenoxy) is 1. The van der Waals surface area contributed by atoms with E-state index in [-0.39, 0.29) is 5.75 Å². The van der Waals surface area contributed by atoms with Crippen LogP contribution in [0.25, 0.3) is 6.08 Å². The van der Waals surface area contributed by atoms with Crippen LogP contribution in [0.3, 0.4) is 0 Å². The minimum absolute atomic E-state index is 0.0709. The maximum Gasteiger partial charge on any atom is 0.165 e. The molecule has 0 bridgehead atoms. The second-order valence-corrected chi connectivity index (χ2v) is 3.12. The summed E-state index contributed by atoms with van der Waals surface area (Å²) in [5.74, 6) is 0.427. The van der Waals surface area contributed by atoms with Crippen LogP contribution in [-0.4, -0.2) is 18.8 Å². The summed E-state index contributed by atoms with van der Waals surface area (Å²) < 4.78 is 4.95. The molecule has 0 fully saturated rings. The highest BCUT2D eigenvalue weighted by Gasteiger charge is 2.06. The van der Waals surface area contributed by atoms with Crippen LogP contribution < -0.4 is 10.5 Å². The molecule has 0 amide bonds. The molecule has 0 unspecified atom stereocenters. The van der Waals surface area contributed by atoms with Crippen LogP contribution in [0.5, 0.6) is 11.5 Å². The molecule has 0 heterocycles. The third-order valence-electron chi connectivity index (χ3n) is 1.72. The lowest BCUT2D eigenvalue weighted by atomic mass is 10.1. The van der Waals surface area contributed by atoms with Crippen LogP contribution in [0.4, 0.5) is 0 Å². The molecular weight excluding hydrogens is 202 g/mol. The molecule has 0 aliphatic rings. The molecule has 1 aromatic rings. The van der Waals surface area contributed by atoms with Gasteiger partial charge in [-0.2, -0.15) is 0 Å². The van der Waals surface area contributed by atoms with E-state index in [0.29, 0.717) is 22.9 Å². The van der Waals surface area contributed by atoms with E-state index in [2.05, 4.69) is 0 Å². The lowest BCUT2D eigenvalue weighted by molar-refractivity contribution is 0.373. The third-order valence-corrected chi connectivity index (χ3v) is 1.94. The van der Waals surface area contributed by atoms with Gasteiger partial charge in [-0.15, -0.1) is 0 Å². The van der Waals surface area contributed by atoms with Crippen LogP contribution in [0.2, 0.25) is 5.02 Å². The third kappa shape index (κ3) is 2.40. The van der Waals surface area contributed by atoms with E-state index in [1.807, 2.05) is 0 Å². The van der Waals surface area contributed by atoms with Gasteiger partial charge in [0, 0.05) is 23.2 Å². The largest absolute Gasteiger partial charge is 0.504 e. The fourth-order valence-electron chi connectivity index (χ4n) is 1.07. The maximum atomic E-state index is 9.66. The number of nitrogens with two attached hydrogens (primary N) is 1. The van der Waals surface area contributed by atoms with Crippen molar-refractivity contribution in [1.82, 2.24) is 0 Å².